The number of nitrogens with two attached hydrogens (primary N) is 1. The van der Waals surface area contributed by atoms with Crippen LogP contribution in [-0.4, -0.2) is 25.0 Å². The van der Waals surface area contributed by atoms with E-state index in [0.29, 0.717) is 24.1 Å². The van der Waals surface area contributed by atoms with E-state index in [1.165, 1.54) is 0 Å². The minimum Gasteiger partial charge on any atom is -0.352 e. The van der Waals surface area contributed by atoms with Gasteiger partial charge in [0.05, 0.1) is 0 Å². The van der Waals surface area contributed by atoms with E-state index in [0.717, 1.165) is 31.5 Å². The van der Waals surface area contributed by atoms with E-state index < -0.39 is 0 Å². The summed E-state index contributed by atoms with van der Waals surface area (Å²) >= 11 is 0. The van der Waals surface area contributed by atoms with Gasteiger partial charge in [-0.1, -0.05) is 12.1 Å². The zero-order valence-electron chi connectivity index (χ0n) is 12.4. The molecule has 1 amide bonds. The van der Waals surface area contributed by atoms with Crippen LogP contribution in [0.25, 0.3) is 0 Å². The summed E-state index contributed by atoms with van der Waals surface area (Å²) in [7, 11) is 0. The fourth-order valence-electron chi connectivity index (χ4n) is 2.46. The van der Waals surface area contributed by atoms with Gasteiger partial charge < -0.3 is 11.1 Å². The molecule has 0 spiro atoms. The summed E-state index contributed by atoms with van der Waals surface area (Å²) in [5.41, 5.74) is 13.6. The Labute approximate surface area is 132 Å². The summed E-state index contributed by atoms with van der Waals surface area (Å²) < 4.78 is 0. The van der Waals surface area contributed by atoms with Crippen LogP contribution in [0, 0.1) is 5.92 Å². The average Bonchev–Trinajstić information content (AvgIpc) is 2.89. The molecule has 1 aromatic carbocycles. The maximum atomic E-state index is 11.9. The molecule has 1 aliphatic heterocycles. The first-order chi connectivity index (χ1) is 9.70. The van der Waals surface area contributed by atoms with E-state index >= 15 is 0 Å². The van der Waals surface area contributed by atoms with Crippen molar-refractivity contribution in [2.45, 2.75) is 32.4 Å². The van der Waals surface area contributed by atoms with Crippen molar-refractivity contribution < 1.29 is 4.79 Å². The van der Waals surface area contributed by atoms with Crippen LogP contribution in [0.5, 0.6) is 0 Å². The number of carbonyl (C=O) groups excluding carboxylic acids is 1. The monoisotopic (exact) mass is 312 g/mol. The van der Waals surface area contributed by atoms with Crippen LogP contribution in [-0.2, 0) is 6.54 Å². The number of halogens is 1. The van der Waals surface area contributed by atoms with Crippen molar-refractivity contribution in [1.29, 1.82) is 0 Å². The summed E-state index contributed by atoms with van der Waals surface area (Å²) in [5.74, 6) is 0.639. The fourth-order valence-corrected chi connectivity index (χ4v) is 2.46. The Balaban J connectivity index is 0.00000220. The lowest BCUT2D eigenvalue weighted by Gasteiger charge is -2.13. The second-order valence-corrected chi connectivity index (χ2v) is 5.37. The maximum Gasteiger partial charge on any atom is 0.251 e. The summed E-state index contributed by atoms with van der Waals surface area (Å²) in [6, 6.07) is 7.95. The van der Waals surface area contributed by atoms with E-state index in [1.54, 1.807) is 0 Å². The molecule has 2 atom stereocenters. The van der Waals surface area contributed by atoms with Gasteiger partial charge in [-0.15, -0.1) is 12.4 Å². The first-order valence-electron chi connectivity index (χ1n) is 7.26. The van der Waals surface area contributed by atoms with Crippen molar-refractivity contribution in [3.63, 3.8) is 0 Å². The Morgan fingerprint density at radius 1 is 1.38 bits per heavy atom. The number of hydrogen-bond donors (Lipinski definition) is 4. The number of rotatable bonds is 6. The Morgan fingerprint density at radius 3 is 2.67 bits per heavy atom. The minimum absolute atomic E-state index is 0. The smallest absolute Gasteiger partial charge is 0.251 e. The first-order valence-corrected chi connectivity index (χ1v) is 7.26. The summed E-state index contributed by atoms with van der Waals surface area (Å²) in [6.45, 7) is 4.42. The third-order valence-electron chi connectivity index (χ3n) is 3.89. The lowest BCUT2D eigenvalue weighted by atomic mass is 9.98. The molecule has 118 valence electrons. The molecule has 1 fully saturated rings. The highest BCUT2D eigenvalue weighted by Crippen LogP contribution is 2.13. The van der Waals surface area contributed by atoms with Gasteiger partial charge in [0.25, 0.3) is 5.91 Å². The molecule has 0 bridgehead atoms. The van der Waals surface area contributed by atoms with E-state index in [4.69, 9.17) is 5.73 Å². The van der Waals surface area contributed by atoms with Gasteiger partial charge in [-0.05, 0) is 43.4 Å². The molecule has 1 aromatic rings. The number of carbonyl (C=O) groups is 1. The van der Waals surface area contributed by atoms with Gasteiger partial charge in [0.2, 0.25) is 0 Å². The van der Waals surface area contributed by atoms with Crippen LogP contribution in [0.15, 0.2) is 24.3 Å². The maximum absolute atomic E-state index is 11.9. The van der Waals surface area contributed by atoms with Gasteiger partial charge in [-0.25, -0.2) is 0 Å². The predicted octanol–water partition coefficient (Wildman–Crippen LogP) is 1.19. The van der Waals surface area contributed by atoms with Crippen molar-refractivity contribution in [2.75, 3.05) is 13.1 Å². The SMILES string of the molecule is CC1NNCC1CCCNC(=O)c1ccc(CN)cc1.Cl. The molecule has 0 aromatic heterocycles. The number of hydrogen-bond acceptors (Lipinski definition) is 4. The van der Waals surface area contributed by atoms with Gasteiger partial charge in [0.15, 0.2) is 0 Å². The molecule has 0 aliphatic carbocycles. The van der Waals surface area contributed by atoms with Crippen molar-refractivity contribution in [2.24, 2.45) is 11.7 Å². The quantitative estimate of drug-likeness (QED) is 0.595. The molecule has 1 heterocycles. The van der Waals surface area contributed by atoms with Crippen LogP contribution in [0.1, 0.15) is 35.7 Å². The predicted molar refractivity (Wildman–Crippen MR) is 87.2 cm³/mol. The second kappa shape index (κ2) is 9.00. The van der Waals surface area contributed by atoms with Crippen LogP contribution in [0.3, 0.4) is 0 Å². The Morgan fingerprint density at radius 2 is 2.10 bits per heavy atom. The number of benzene rings is 1. The van der Waals surface area contributed by atoms with Crippen LogP contribution in [0.4, 0.5) is 0 Å². The molecular weight excluding hydrogens is 288 g/mol. The van der Waals surface area contributed by atoms with Gasteiger partial charge >= 0.3 is 0 Å². The first kappa shape index (κ1) is 17.9. The van der Waals surface area contributed by atoms with Gasteiger partial charge in [0, 0.05) is 31.2 Å². The van der Waals surface area contributed by atoms with E-state index in [-0.39, 0.29) is 18.3 Å². The molecule has 1 saturated heterocycles. The summed E-state index contributed by atoms with van der Waals surface area (Å²) in [5, 5.41) is 2.96. The molecule has 0 radical (unpaired) electrons. The summed E-state index contributed by atoms with van der Waals surface area (Å²) in [6.07, 6.45) is 2.12. The number of amides is 1. The van der Waals surface area contributed by atoms with Crippen molar-refractivity contribution in [1.82, 2.24) is 16.2 Å². The van der Waals surface area contributed by atoms with Crippen molar-refractivity contribution in [3.8, 4) is 0 Å². The van der Waals surface area contributed by atoms with Crippen molar-refractivity contribution >= 4 is 18.3 Å². The third kappa shape index (κ3) is 5.28. The molecule has 21 heavy (non-hydrogen) atoms. The van der Waals surface area contributed by atoms with E-state index in [9.17, 15) is 4.79 Å². The van der Waals surface area contributed by atoms with Gasteiger partial charge in [-0.3, -0.25) is 15.6 Å². The van der Waals surface area contributed by atoms with Gasteiger partial charge in [-0.2, -0.15) is 0 Å². The van der Waals surface area contributed by atoms with E-state index in [2.05, 4.69) is 23.1 Å². The van der Waals surface area contributed by atoms with Crippen LogP contribution in [0.2, 0.25) is 0 Å². The standard InChI is InChI=1S/C15H24N4O.ClH/c1-11-14(10-18-19-11)3-2-8-17-15(20)13-6-4-12(9-16)5-7-13;/h4-7,11,14,18-19H,2-3,8-10,16H2,1H3,(H,17,20);1H. The lowest BCUT2D eigenvalue weighted by Crippen LogP contribution is -2.29. The zero-order chi connectivity index (χ0) is 14.4. The molecule has 2 rings (SSSR count). The van der Waals surface area contributed by atoms with Gasteiger partial charge in [0.1, 0.15) is 0 Å². The Hall–Kier alpha value is -1.14. The summed E-state index contributed by atoms with van der Waals surface area (Å²) in [4.78, 5) is 11.9. The molecule has 6 heteroatoms. The normalized spacial score (nSPS) is 20.9. The zero-order valence-corrected chi connectivity index (χ0v) is 13.2. The lowest BCUT2D eigenvalue weighted by molar-refractivity contribution is 0.0952. The number of nitrogens with one attached hydrogen (secondary N) is 3. The topological polar surface area (TPSA) is 79.2 Å². The Kier molecular flexibility index (Phi) is 7.67. The highest BCUT2D eigenvalue weighted by molar-refractivity contribution is 5.94. The fraction of sp³-hybridized carbons (Fsp3) is 0.533. The minimum atomic E-state index is -0.00991. The van der Waals surface area contributed by atoms with E-state index in [1.807, 2.05) is 24.3 Å². The number of hydrazine groups is 1. The second-order valence-electron chi connectivity index (χ2n) is 5.37. The average molecular weight is 313 g/mol. The molecular formula is C15H25ClN4O. The molecule has 5 N–H and O–H groups in total. The highest BCUT2D eigenvalue weighted by Gasteiger charge is 2.21. The third-order valence-corrected chi connectivity index (χ3v) is 3.89. The molecule has 0 saturated carbocycles. The van der Waals surface area contributed by atoms with Crippen molar-refractivity contribution in [3.05, 3.63) is 35.4 Å². The van der Waals surface area contributed by atoms with Crippen LogP contribution < -0.4 is 21.9 Å². The highest BCUT2D eigenvalue weighted by atomic mass is 35.5. The molecule has 2 unspecified atom stereocenters. The Bertz CT molecular complexity index is 438. The molecule has 1 aliphatic rings. The largest absolute Gasteiger partial charge is 0.352 e. The molecule has 5 nitrogen and oxygen atoms in total. The van der Waals surface area contributed by atoms with Crippen LogP contribution >= 0.6 is 12.4 Å².